The number of unbranched alkanes of at least 4 members (excludes halogenated alkanes) is 1. The Morgan fingerprint density at radius 1 is 1.17 bits per heavy atom. The number of aryl methyl sites for hydroxylation is 2. The molecule has 1 aromatic carbocycles. The molecule has 1 heterocycles. The number of nitrogens with one attached hydrogen (secondary N) is 1. The molecule has 1 aromatic heterocycles. The van der Waals surface area contributed by atoms with Gasteiger partial charge in [-0.05, 0) is 32.8 Å². The first-order chi connectivity index (χ1) is 10.9. The highest BCUT2D eigenvalue weighted by molar-refractivity contribution is 6.04. The molecule has 2 rings (SSSR count). The minimum absolute atomic E-state index is 0.0582. The Balaban J connectivity index is 2.16. The van der Waals surface area contributed by atoms with Gasteiger partial charge in [-0.1, -0.05) is 0 Å². The Morgan fingerprint density at radius 3 is 2.57 bits per heavy atom. The third-order valence-corrected chi connectivity index (χ3v) is 3.49. The maximum absolute atomic E-state index is 13.7. The van der Waals surface area contributed by atoms with Crippen LogP contribution in [0.25, 0.3) is 11.0 Å². The smallest absolute Gasteiger partial charge is 0.303 e. The fourth-order valence-electron chi connectivity index (χ4n) is 2.17. The predicted molar refractivity (Wildman–Crippen MR) is 82.8 cm³/mol. The maximum Gasteiger partial charge on any atom is 0.303 e. The number of carbonyl (C=O) groups excluding carboxylic acids is 1. The normalized spacial score (nSPS) is 10.7. The fraction of sp³-hybridized carbons (Fsp3) is 0.375. The second kappa shape index (κ2) is 7.13. The quantitative estimate of drug-likeness (QED) is 0.798. The Kier molecular flexibility index (Phi) is 5.20. The lowest BCUT2D eigenvalue weighted by atomic mass is 10.1. The average molecular weight is 319 g/mol. The molecule has 0 aliphatic rings. The Hall–Kier alpha value is -2.57. The number of hydrogen-bond donors (Lipinski definition) is 2. The molecule has 2 N–H and O–H groups in total. The van der Waals surface area contributed by atoms with E-state index in [4.69, 9.17) is 5.11 Å². The first-order valence-electron chi connectivity index (χ1n) is 7.33. The van der Waals surface area contributed by atoms with Gasteiger partial charge in [0.15, 0.2) is 0 Å². The highest BCUT2D eigenvalue weighted by atomic mass is 19.1. The summed E-state index contributed by atoms with van der Waals surface area (Å²) in [5.74, 6) is -1.86. The molecule has 0 atom stereocenters. The SMILES string of the molecule is Cc1nc2cc(F)cc(C(=O)NCCCCC(=O)O)c2nc1C. The van der Waals surface area contributed by atoms with Crippen molar-refractivity contribution in [1.82, 2.24) is 15.3 Å². The van der Waals surface area contributed by atoms with Gasteiger partial charge in [-0.2, -0.15) is 0 Å². The summed E-state index contributed by atoms with van der Waals surface area (Å²) in [6.07, 6.45) is 1.06. The van der Waals surface area contributed by atoms with Gasteiger partial charge >= 0.3 is 5.97 Å². The van der Waals surface area contributed by atoms with Gasteiger partial charge in [0, 0.05) is 19.0 Å². The van der Waals surface area contributed by atoms with E-state index in [1.165, 1.54) is 6.07 Å². The molecule has 23 heavy (non-hydrogen) atoms. The number of carboxylic acid groups (broad SMARTS) is 1. The van der Waals surface area contributed by atoms with Crippen LogP contribution in [0.5, 0.6) is 0 Å². The zero-order valence-corrected chi connectivity index (χ0v) is 13.0. The van der Waals surface area contributed by atoms with Gasteiger partial charge in [-0.15, -0.1) is 0 Å². The van der Waals surface area contributed by atoms with Gasteiger partial charge in [-0.3, -0.25) is 9.59 Å². The van der Waals surface area contributed by atoms with Crippen molar-refractivity contribution >= 4 is 22.9 Å². The molecule has 0 saturated heterocycles. The molecule has 0 aliphatic carbocycles. The zero-order chi connectivity index (χ0) is 17.0. The second-order valence-electron chi connectivity index (χ2n) is 5.32. The zero-order valence-electron chi connectivity index (χ0n) is 13.0. The van der Waals surface area contributed by atoms with Crippen molar-refractivity contribution in [3.63, 3.8) is 0 Å². The molecule has 0 fully saturated rings. The molecule has 2 aromatic rings. The number of rotatable bonds is 6. The van der Waals surface area contributed by atoms with E-state index in [2.05, 4.69) is 15.3 Å². The van der Waals surface area contributed by atoms with Crippen LogP contribution in [0.15, 0.2) is 12.1 Å². The lowest BCUT2D eigenvalue weighted by molar-refractivity contribution is -0.137. The largest absolute Gasteiger partial charge is 0.481 e. The molecule has 0 saturated carbocycles. The minimum Gasteiger partial charge on any atom is -0.481 e. The number of aromatic nitrogens is 2. The first kappa shape index (κ1) is 16.8. The molecule has 1 amide bonds. The number of halogens is 1. The predicted octanol–water partition coefficient (Wildman–Crippen LogP) is 2.37. The van der Waals surface area contributed by atoms with E-state index in [1.54, 1.807) is 13.8 Å². The summed E-state index contributed by atoms with van der Waals surface area (Å²) in [5.41, 5.74) is 2.19. The fourth-order valence-corrected chi connectivity index (χ4v) is 2.17. The van der Waals surface area contributed by atoms with Gasteiger partial charge in [0.2, 0.25) is 0 Å². The average Bonchev–Trinajstić information content (AvgIpc) is 2.47. The maximum atomic E-state index is 13.7. The molecule has 7 heteroatoms. The number of benzene rings is 1. The minimum atomic E-state index is -0.867. The molecular formula is C16H18FN3O3. The Bertz CT molecular complexity index is 762. The topological polar surface area (TPSA) is 92.2 Å². The number of hydrogen-bond acceptors (Lipinski definition) is 4. The van der Waals surface area contributed by atoms with Gasteiger partial charge < -0.3 is 10.4 Å². The van der Waals surface area contributed by atoms with Gasteiger partial charge in [0.05, 0.1) is 22.5 Å². The Labute approximate surface area is 132 Å². The summed E-state index contributed by atoms with van der Waals surface area (Å²) in [5, 5.41) is 11.2. The van der Waals surface area contributed by atoms with Crippen molar-refractivity contribution in [2.45, 2.75) is 33.1 Å². The van der Waals surface area contributed by atoms with Crippen LogP contribution in [0.4, 0.5) is 4.39 Å². The van der Waals surface area contributed by atoms with E-state index >= 15 is 0 Å². The first-order valence-corrected chi connectivity index (χ1v) is 7.33. The van der Waals surface area contributed by atoms with E-state index in [0.29, 0.717) is 41.8 Å². The molecule has 0 unspecified atom stereocenters. The highest BCUT2D eigenvalue weighted by Gasteiger charge is 2.15. The summed E-state index contributed by atoms with van der Waals surface area (Å²) in [7, 11) is 0. The van der Waals surface area contributed by atoms with Crippen LogP contribution in [-0.2, 0) is 4.79 Å². The van der Waals surface area contributed by atoms with E-state index < -0.39 is 17.7 Å². The number of carbonyl (C=O) groups is 2. The number of nitrogens with zero attached hydrogens (tertiary/aromatic N) is 2. The molecule has 0 spiro atoms. The number of fused-ring (bicyclic) bond motifs is 1. The van der Waals surface area contributed by atoms with E-state index in [-0.39, 0.29) is 12.0 Å². The molecular weight excluding hydrogens is 301 g/mol. The van der Waals surface area contributed by atoms with Crippen molar-refractivity contribution in [3.05, 3.63) is 34.9 Å². The molecule has 0 aliphatic heterocycles. The monoisotopic (exact) mass is 319 g/mol. The van der Waals surface area contributed by atoms with Crippen molar-refractivity contribution in [3.8, 4) is 0 Å². The number of aliphatic carboxylic acids is 1. The lowest BCUT2D eigenvalue weighted by Crippen LogP contribution is -2.25. The summed E-state index contributed by atoms with van der Waals surface area (Å²) in [6, 6.07) is 2.39. The molecule has 122 valence electrons. The van der Waals surface area contributed by atoms with E-state index in [9.17, 15) is 14.0 Å². The van der Waals surface area contributed by atoms with Crippen molar-refractivity contribution in [2.24, 2.45) is 0 Å². The summed E-state index contributed by atoms with van der Waals surface area (Å²) >= 11 is 0. The van der Waals surface area contributed by atoms with E-state index in [1.807, 2.05) is 0 Å². The summed E-state index contributed by atoms with van der Waals surface area (Å²) in [4.78, 5) is 31.3. The number of carboxylic acids is 1. The number of amides is 1. The van der Waals surface area contributed by atoms with Crippen LogP contribution < -0.4 is 5.32 Å². The van der Waals surface area contributed by atoms with Crippen LogP contribution in [0, 0.1) is 19.7 Å². The van der Waals surface area contributed by atoms with Crippen molar-refractivity contribution in [1.29, 1.82) is 0 Å². The third-order valence-electron chi connectivity index (χ3n) is 3.49. The van der Waals surface area contributed by atoms with Crippen molar-refractivity contribution in [2.75, 3.05) is 6.54 Å². The van der Waals surface area contributed by atoms with Gasteiger partial charge in [0.1, 0.15) is 11.3 Å². The third kappa shape index (κ3) is 4.21. The second-order valence-corrected chi connectivity index (χ2v) is 5.32. The van der Waals surface area contributed by atoms with Crippen LogP contribution in [0.1, 0.15) is 41.0 Å². The summed E-state index contributed by atoms with van der Waals surface area (Å²) < 4.78 is 13.7. The summed E-state index contributed by atoms with van der Waals surface area (Å²) in [6.45, 7) is 3.87. The lowest BCUT2D eigenvalue weighted by Gasteiger charge is -2.09. The standard InChI is InChI=1S/C16H18FN3O3/c1-9-10(2)20-15-12(7-11(17)8-13(15)19-9)16(23)18-6-4-3-5-14(21)22/h7-8H,3-6H2,1-2H3,(H,18,23)(H,21,22). The van der Waals surface area contributed by atoms with Crippen LogP contribution >= 0.6 is 0 Å². The van der Waals surface area contributed by atoms with Gasteiger partial charge in [-0.25, -0.2) is 14.4 Å². The van der Waals surface area contributed by atoms with Crippen molar-refractivity contribution < 1.29 is 19.1 Å². The van der Waals surface area contributed by atoms with Crippen LogP contribution in [-0.4, -0.2) is 33.5 Å². The Morgan fingerprint density at radius 2 is 1.87 bits per heavy atom. The molecule has 0 bridgehead atoms. The highest BCUT2D eigenvalue weighted by Crippen LogP contribution is 2.19. The van der Waals surface area contributed by atoms with Gasteiger partial charge in [0.25, 0.3) is 5.91 Å². The molecule has 6 nitrogen and oxygen atoms in total. The van der Waals surface area contributed by atoms with Crippen LogP contribution in [0.2, 0.25) is 0 Å². The molecule has 0 radical (unpaired) electrons. The van der Waals surface area contributed by atoms with E-state index in [0.717, 1.165) is 6.07 Å². The van der Waals surface area contributed by atoms with Crippen LogP contribution in [0.3, 0.4) is 0 Å².